The van der Waals surface area contributed by atoms with Gasteiger partial charge in [0.15, 0.2) is 0 Å². The Labute approximate surface area is 283 Å². The lowest BCUT2D eigenvalue weighted by Crippen LogP contribution is -2.25. The molecular formula is C41H36Br2N2. The predicted octanol–water partition coefficient (Wildman–Crippen LogP) is 12.0. The summed E-state index contributed by atoms with van der Waals surface area (Å²) >= 11 is 7.36. The summed E-state index contributed by atoms with van der Waals surface area (Å²) in [5.74, 6) is 0. The monoisotopic (exact) mass is 714 g/mol. The van der Waals surface area contributed by atoms with Crippen molar-refractivity contribution in [1.82, 2.24) is 0 Å². The van der Waals surface area contributed by atoms with E-state index >= 15 is 0 Å². The first-order valence-electron chi connectivity index (χ1n) is 14.9. The lowest BCUT2D eigenvalue weighted by molar-refractivity contribution is 0.563. The molecule has 224 valence electrons. The molecule has 4 heteroatoms. The van der Waals surface area contributed by atoms with Gasteiger partial charge in [0, 0.05) is 37.1 Å². The Morgan fingerprint density at radius 1 is 0.556 bits per heavy atom. The summed E-state index contributed by atoms with van der Waals surface area (Å²) in [4.78, 5) is 2.23. The number of para-hydroxylation sites is 1. The third kappa shape index (κ3) is 5.85. The van der Waals surface area contributed by atoms with Gasteiger partial charge in [0.2, 0.25) is 0 Å². The topological polar surface area (TPSA) is 29.3 Å². The van der Waals surface area contributed by atoms with Gasteiger partial charge >= 0.3 is 0 Å². The SMILES string of the molecule is Brc1ccc2c(c1)C1(Cc3ccccc3C1)c1cc(Br)ccc1-2.C.Cc1cccc(N(c2ccccc2)c2ccc(N)cc2)c1. The quantitative estimate of drug-likeness (QED) is 0.185. The molecule has 6 aromatic rings. The Balaban J connectivity index is 0.000000156. The number of hydrogen-bond donors (Lipinski definition) is 1. The Bertz CT molecular complexity index is 1890. The Morgan fingerprint density at radius 2 is 1.07 bits per heavy atom. The maximum absolute atomic E-state index is 5.81. The molecule has 0 saturated heterocycles. The molecule has 8 rings (SSSR count). The fourth-order valence-electron chi connectivity index (χ4n) is 6.85. The van der Waals surface area contributed by atoms with Crippen molar-refractivity contribution in [3.63, 3.8) is 0 Å². The maximum Gasteiger partial charge on any atom is 0.0464 e. The van der Waals surface area contributed by atoms with Crippen molar-refractivity contribution in [2.75, 3.05) is 10.6 Å². The summed E-state index contributed by atoms with van der Waals surface area (Å²) < 4.78 is 2.33. The molecule has 2 aliphatic rings. The molecule has 0 unspecified atom stereocenters. The van der Waals surface area contributed by atoms with Gasteiger partial charge in [-0.3, -0.25) is 0 Å². The van der Waals surface area contributed by atoms with Crippen molar-refractivity contribution in [2.24, 2.45) is 0 Å². The van der Waals surface area contributed by atoms with Gasteiger partial charge < -0.3 is 10.6 Å². The fourth-order valence-corrected chi connectivity index (χ4v) is 7.57. The number of nitrogens with two attached hydrogens (primary N) is 1. The number of anilines is 4. The van der Waals surface area contributed by atoms with Crippen LogP contribution in [0.2, 0.25) is 0 Å². The van der Waals surface area contributed by atoms with Crippen LogP contribution in [0.1, 0.15) is 35.2 Å². The first-order chi connectivity index (χ1) is 21.4. The molecular weight excluding hydrogens is 680 g/mol. The highest BCUT2D eigenvalue weighted by atomic mass is 79.9. The Hall–Kier alpha value is -4.12. The second kappa shape index (κ2) is 12.7. The average molecular weight is 717 g/mol. The van der Waals surface area contributed by atoms with E-state index in [0.717, 1.165) is 35.6 Å². The highest BCUT2D eigenvalue weighted by molar-refractivity contribution is 9.10. The van der Waals surface area contributed by atoms with Gasteiger partial charge in [-0.1, -0.05) is 106 Å². The molecule has 1 spiro atoms. The van der Waals surface area contributed by atoms with Crippen molar-refractivity contribution in [3.05, 3.63) is 176 Å². The molecule has 0 bridgehead atoms. The van der Waals surface area contributed by atoms with Crippen LogP contribution in [0.3, 0.4) is 0 Å². The molecule has 0 aliphatic heterocycles. The Kier molecular flexibility index (Phi) is 8.72. The van der Waals surface area contributed by atoms with Gasteiger partial charge in [-0.05, 0) is 132 Å². The van der Waals surface area contributed by atoms with Crippen molar-refractivity contribution in [3.8, 4) is 11.1 Å². The predicted molar refractivity (Wildman–Crippen MR) is 199 cm³/mol. The molecule has 6 aromatic carbocycles. The van der Waals surface area contributed by atoms with Crippen molar-refractivity contribution >= 4 is 54.6 Å². The molecule has 0 aromatic heterocycles. The molecule has 0 amide bonds. The fraction of sp³-hybridized carbons (Fsp3) is 0.122. The van der Waals surface area contributed by atoms with Gasteiger partial charge in [0.1, 0.15) is 0 Å². The summed E-state index contributed by atoms with van der Waals surface area (Å²) in [6.07, 6.45) is 2.19. The van der Waals surface area contributed by atoms with E-state index in [1.165, 1.54) is 47.9 Å². The van der Waals surface area contributed by atoms with Crippen LogP contribution in [0, 0.1) is 6.92 Å². The molecule has 2 aliphatic carbocycles. The lowest BCUT2D eigenvalue weighted by Gasteiger charge is -2.27. The zero-order valence-electron chi connectivity index (χ0n) is 24.5. The number of nitrogen functional groups attached to an aromatic ring is 1. The number of hydrogen-bond acceptors (Lipinski definition) is 2. The summed E-state index contributed by atoms with van der Waals surface area (Å²) in [6, 6.07) is 49.2. The minimum Gasteiger partial charge on any atom is -0.399 e. The summed E-state index contributed by atoms with van der Waals surface area (Å²) in [6.45, 7) is 2.11. The van der Waals surface area contributed by atoms with Gasteiger partial charge in [-0.15, -0.1) is 0 Å². The van der Waals surface area contributed by atoms with Gasteiger partial charge in [0.25, 0.3) is 0 Å². The second-order valence-corrected chi connectivity index (χ2v) is 13.5. The van der Waals surface area contributed by atoms with E-state index in [1.54, 1.807) is 0 Å². The minimum atomic E-state index is 0. The van der Waals surface area contributed by atoms with Crippen LogP contribution in [-0.4, -0.2) is 0 Å². The molecule has 0 atom stereocenters. The van der Waals surface area contributed by atoms with E-state index in [0.29, 0.717) is 0 Å². The van der Waals surface area contributed by atoms with Crippen LogP contribution in [0.4, 0.5) is 22.7 Å². The largest absolute Gasteiger partial charge is 0.399 e. The first kappa shape index (κ1) is 30.9. The van der Waals surface area contributed by atoms with Crippen LogP contribution < -0.4 is 10.6 Å². The highest BCUT2D eigenvalue weighted by Gasteiger charge is 2.47. The molecule has 45 heavy (non-hydrogen) atoms. The smallest absolute Gasteiger partial charge is 0.0464 e. The molecule has 0 heterocycles. The third-order valence-electron chi connectivity index (χ3n) is 8.81. The molecule has 0 saturated carbocycles. The zero-order valence-corrected chi connectivity index (χ0v) is 27.6. The van der Waals surface area contributed by atoms with Gasteiger partial charge in [0.05, 0.1) is 0 Å². The number of benzene rings is 6. The molecule has 0 radical (unpaired) electrons. The van der Waals surface area contributed by atoms with Crippen LogP contribution in [-0.2, 0) is 18.3 Å². The highest BCUT2D eigenvalue weighted by Crippen LogP contribution is 2.56. The van der Waals surface area contributed by atoms with E-state index in [4.69, 9.17) is 5.73 Å². The number of halogens is 2. The normalized spacial score (nSPS) is 13.1. The van der Waals surface area contributed by atoms with E-state index < -0.39 is 0 Å². The number of nitrogens with zero attached hydrogens (tertiary/aromatic N) is 1. The third-order valence-corrected chi connectivity index (χ3v) is 9.80. The molecule has 2 nitrogen and oxygen atoms in total. The average Bonchev–Trinajstić information content (AvgIpc) is 3.55. The maximum atomic E-state index is 5.81. The Morgan fingerprint density at radius 3 is 1.62 bits per heavy atom. The lowest BCUT2D eigenvalue weighted by atomic mass is 9.76. The van der Waals surface area contributed by atoms with Crippen molar-refractivity contribution in [2.45, 2.75) is 32.6 Å². The van der Waals surface area contributed by atoms with E-state index in [2.05, 4.69) is 153 Å². The molecule has 2 N–H and O–H groups in total. The number of aryl methyl sites for hydroxylation is 1. The van der Waals surface area contributed by atoms with Gasteiger partial charge in [-0.25, -0.2) is 0 Å². The number of rotatable bonds is 3. The summed E-state index contributed by atoms with van der Waals surface area (Å²) in [5, 5.41) is 0. The summed E-state index contributed by atoms with van der Waals surface area (Å²) in [7, 11) is 0. The van der Waals surface area contributed by atoms with Crippen molar-refractivity contribution < 1.29 is 0 Å². The molecule has 0 fully saturated rings. The minimum absolute atomic E-state index is 0. The van der Waals surface area contributed by atoms with E-state index in [1.807, 2.05) is 30.3 Å². The van der Waals surface area contributed by atoms with E-state index in [9.17, 15) is 0 Å². The van der Waals surface area contributed by atoms with Crippen LogP contribution >= 0.6 is 31.9 Å². The van der Waals surface area contributed by atoms with Gasteiger partial charge in [-0.2, -0.15) is 0 Å². The van der Waals surface area contributed by atoms with Crippen LogP contribution in [0.25, 0.3) is 11.1 Å². The summed E-state index contributed by atoms with van der Waals surface area (Å²) in [5.41, 5.74) is 20.0. The van der Waals surface area contributed by atoms with E-state index in [-0.39, 0.29) is 12.8 Å². The van der Waals surface area contributed by atoms with Crippen LogP contribution in [0.5, 0.6) is 0 Å². The zero-order chi connectivity index (χ0) is 30.3. The standard InChI is InChI=1S/C21H14Br2.C19H18N2.CH4/c22-15-5-7-17-18-8-6-16(23)10-20(18)21(19(17)9-15)11-13-3-1-2-4-14(13)12-21;1-15-6-5-9-19(14-15)21(17-7-3-2-4-8-17)18-12-10-16(20)11-13-18;/h1-10H,11-12H2;2-14H,20H2,1H3;1H4. The van der Waals surface area contributed by atoms with Crippen molar-refractivity contribution in [1.29, 1.82) is 0 Å². The van der Waals surface area contributed by atoms with Crippen LogP contribution in [0.15, 0.2) is 148 Å². The first-order valence-corrected chi connectivity index (χ1v) is 16.4. The number of fused-ring (bicyclic) bond motifs is 6. The second-order valence-electron chi connectivity index (χ2n) is 11.7.